The maximum Gasteiger partial charge on any atom is 0.418 e. The van der Waals surface area contributed by atoms with Gasteiger partial charge in [0.25, 0.3) is 11.5 Å². The van der Waals surface area contributed by atoms with E-state index in [1.54, 1.807) is 24.3 Å². The largest absolute Gasteiger partial charge is 0.418 e. The van der Waals surface area contributed by atoms with E-state index in [2.05, 4.69) is 26.1 Å². The average molecular weight is 545 g/mol. The normalized spacial score (nSPS) is 17.2. The number of carbonyl (C=O) groups is 2. The SMILES string of the molecule is O=C(N/C=C/[C@@]1(C(=O)NCc2ccc(Nc3ccc(F)cc3C(F)(F)F)cc2)CCOC1)c1cn[nH]c(=O)c1. The van der Waals surface area contributed by atoms with Gasteiger partial charge in [0.15, 0.2) is 0 Å². The van der Waals surface area contributed by atoms with Crippen molar-refractivity contribution in [2.24, 2.45) is 5.41 Å². The van der Waals surface area contributed by atoms with E-state index in [4.69, 9.17) is 4.74 Å². The highest BCUT2D eigenvalue weighted by molar-refractivity contribution is 5.94. The zero-order valence-corrected chi connectivity index (χ0v) is 20.3. The van der Waals surface area contributed by atoms with Gasteiger partial charge in [-0.15, -0.1) is 0 Å². The molecule has 0 bridgehead atoms. The fourth-order valence-electron chi connectivity index (χ4n) is 3.91. The number of alkyl halides is 3. The first kappa shape index (κ1) is 27.5. The molecule has 1 fully saturated rings. The van der Waals surface area contributed by atoms with Crippen LogP contribution in [0.2, 0.25) is 0 Å². The zero-order chi connectivity index (χ0) is 28.0. The van der Waals surface area contributed by atoms with Gasteiger partial charge in [-0.3, -0.25) is 14.4 Å². The van der Waals surface area contributed by atoms with Crippen LogP contribution in [0.4, 0.5) is 28.9 Å². The number of hydrogen-bond donors (Lipinski definition) is 4. The highest BCUT2D eigenvalue weighted by Gasteiger charge is 2.40. The van der Waals surface area contributed by atoms with Gasteiger partial charge in [0, 0.05) is 31.1 Å². The molecule has 0 aliphatic carbocycles. The van der Waals surface area contributed by atoms with Crippen LogP contribution in [0.15, 0.2) is 71.8 Å². The molecule has 2 aromatic carbocycles. The second-order valence-electron chi connectivity index (χ2n) is 8.79. The molecule has 1 saturated heterocycles. The predicted octanol–water partition coefficient (Wildman–Crippen LogP) is 3.64. The van der Waals surface area contributed by atoms with E-state index in [1.165, 1.54) is 18.5 Å². The van der Waals surface area contributed by atoms with E-state index in [1.807, 2.05) is 0 Å². The minimum atomic E-state index is -4.73. The Morgan fingerprint density at radius 1 is 1.13 bits per heavy atom. The third-order valence-corrected chi connectivity index (χ3v) is 6.02. The molecule has 39 heavy (non-hydrogen) atoms. The highest BCUT2D eigenvalue weighted by atomic mass is 19.4. The molecule has 3 aromatic rings. The first-order valence-corrected chi connectivity index (χ1v) is 11.7. The van der Waals surface area contributed by atoms with Crippen LogP contribution in [0.5, 0.6) is 0 Å². The van der Waals surface area contributed by atoms with Crippen molar-refractivity contribution in [3.8, 4) is 0 Å². The van der Waals surface area contributed by atoms with Crippen LogP contribution >= 0.6 is 0 Å². The van der Waals surface area contributed by atoms with E-state index < -0.39 is 34.4 Å². The minimum Gasteiger partial charge on any atom is -0.380 e. The number of H-pyrrole nitrogens is 1. The lowest BCUT2D eigenvalue weighted by Gasteiger charge is -2.22. The molecule has 4 N–H and O–H groups in total. The standard InChI is InChI=1S/C26H23F4N5O4/c27-18-3-6-21(20(12-18)26(28,29)30)34-19-4-1-16(2-5-19)13-32-24(38)25(8-10-39-15-25)7-9-31-23(37)17-11-22(36)35-33-14-17/h1-7,9,11-12,14,34H,8,10,13,15H2,(H,31,37)(H,32,38)(H,35,36)/b9-7+/t25-/m1/s1. The smallest absolute Gasteiger partial charge is 0.380 e. The van der Waals surface area contributed by atoms with Crippen molar-refractivity contribution < 1.29 is 31.9 Å². The Balaban J connectivity index is 1.37. The fourth-order valence-corrected chi connectivity index (χ4v) is 3.91. The number of nitrogens with one attached hydrogen (secondary N) is 4. The van der Waals surface area contributed by atoms with E-state index in [-0.39, 0.29) is 30.3 Å². The summed E-state index contributed by atoms with van der Waals surface area (Å²) in [6, 6.07) is 9.80. The molecular formula is C26H23F4N5O4. The molecule has 13 heteroatoms. The summed E-state index contributed by atoms with van der Waals surface area (Å²) in [7, 11) is 0. The summed E-state index contributed by atoms with van der Waals surface area (Å²) in [5.74, 6) is -1.91. The molecule has 1 aliphatic rings. The topological polar surface area (TPSA) is 125 Å². The molecule has 1 aromatic heterocycles. The predicted molar refractivity (Wildman–Crippen MR) is 132 cm³/mol. The number of aromatic nitrogens is 2. The summed E-state index contributed by atoms with van der Waals surface area (Å²) in [4.78, 5) is 36.6. The van der Waals surface area contributed by atoms with Crippen LogP contribution in [0.25, 0.3) is 0 Å². The molecule has 2 amide bonds. The first-order valence-electron chi connectivity index (χ1n) is 11.7. The third kappa shape index (κ3) is 6.87. The molecule has 0 unspecified atom stereocenters. The molecule has 1 aliphatic heterocycles. The number of hydrogen-bond acceptors (Lipinski definition) is 6. The maximum atomic E-state index is 13.3. The van der Waals surface area contributed by atoms with Crippen molar-refractivity contribution in [1.29, 1.82) is 0 Å². The highest BCUT2D eigenvalue weighted by Crippen LogP contribution is 2.36. The van der Waals surface area contributed by atoms with Gasteiger partial charge in [-0.1, -0.05) is 18.2 Å². The van der Waals surface area contributed by atoms with Crippen molar-refractivity contribution in [2.45, 2.75) is 19.1 Å². The molecule has 9 nitrogen and oxygen atoms in total. The number of anilines is 2. The van der Waals surface area contributed by atoms with E-state index in [0.29, 0.717) is 30.3 Å². The van der Waals surface area contributed by atoms with Gasteiger partial charge in [0.1, 0.15) is 5.82 Å². The molecule has 1 atom stereocenters. The van der Waals surface area contributed by atoms with Gasteiger partial charge in [-0.2, -0.15) is 18.3 Å². The summed E-state index contributed by atoms with van der Waals surface area (Å²) in [6.07, 6.45) is -0.310. The van der Waals surface area contributed by atoms with Crippen molar-refractivity contribution in [3.05, 3.63) is 99.9 Å². The van der Waals surface area contributed by atoms with Gasteiger partial charge in [0.2, 0.25) is 5.91 Å². The second-order valence-corrected chi connectivity index (χ2v) is 8.79. The van der Waals surface area contributed by atoms with Gasteiger partial charge in [-0.25, -0.2) is 9.49 Å². The number of nitrogens with zero attached hydrogens (tertiary/aromatic N) is 1. The molecule has 4 rings (SSSR count). The Bertz CT molecular complexity index is 1430. The number of aromatic amines is 1. The van der Waals surface area contributed by atoms with Gasteiger partial charge < -0.3 is 20.7 Å². The van der Waals surface area contributed by atoms with Crippen molar-refractivity contribution >= 4 is 23.2 Å². The lowest BCUT2D eigenvalue weighted by Crippen LogP contribution is -2.40. The summed E-state index contributed by atoms with van der Waals surface area (Å²) in [6.45, 7) is 0.567. The van der Waals surface area contributed by atoms with Crippen LogP contribution in [-0.4, -0.2) is 35.2 Å². The Hall–Kier alpha value is -4.52. The summed E-state index contributed by atoms with van der Waals surface area (Å²) in [5, 5.41) is 13.7. The number of ether oxygens (including phenoxy) is 1. The van der Waals surface area contributed by atoms with E-state index in [0.717, 1.165) is 18.2 Å². The van der Waals surface area contributed by atoms with E-state index >= 15 is 0 Å². The van der Waals surface area contributed by atoms with Crippen LogP contribution < -0.4 is 21.5 Å². The van der Waals surface area contributed by atoms with Crippen LogP contribution in [-0.2, 0) is 22.3 Å². The zero-order valence-electron chi connectivity index (χ0n) is 20.3. The second kappa shape index (κ2) is 11.5. The van der Waals surface area contributed by atoms with Gasteiger partial charge >= 0.3 is 6.18 Å². The third-order valence-electron chi connectivity index (χ3n) is 6.02. The molecular weight excluding hydrogens is 522 g/mol. The number of carbonyl (C=O) groups excluding carboxylic acids is 2. The first-order chi connectivity index (χ1) is 18.6. The van der Waals surface area contributed by atoms with Gasteiger partial charge in [0.05, 0.1) is 35.0 Å². The molecule has 2 heterocycles. The Kier molecular flexibility index (Phi) is 8.10. The Morgan fingerprint density at radius 2 is 1.90 bits per heavy atom. The number of benzene rings is 2. The summed E-state index contributed by atoms with van der Waals surface area (Å²) < 4.78 is 58.5. The molecule has 0 saturated carbocycles. The number of rotatable bonds is 8. The average Bonchev–Trinajstić information content (AvgIpc) is 3.38. The summed E-state index contributed by atoms with van der Waals surface area (Å²) >= 11 is 0. The van der Waals surface area contributed by atoms with Crippen molar-refractivity contribution in [1.82, 2.24) is 20.8 Å². The van der Waals surface area contributed by atoms with Crippen LogP contribution in [0.3, 0.4) is 0 Å². The molecule has 0 radical (unpaired) electrons. The fraction of sp³-hybridized carbons (Fsp3) is 0.231. The van der Waals surface area contributed by atoms with E-state index in [9.17, 15) is 31.9 Å². The number of amides is 2. The monoisotopic (exact) mass is 545 g/mol. The minimum absolute atomic E-state index is 0.0524. The Morgan fingerprint density at radius 3 is 2.56 bits per heavy atom. The maximum absolute atomic E-state index is 13.3. The molecule has 0 spiro atoms. The number of halogens is 4. The van der Waals surface area contributed by atoms with Crippen molar-refractivity contribution in [3.63, 3.8) is 0 Å². The lowest BCUT2D eigenvalue weighted by atomic mass is 9.86. The lowest BCUT2D eigenvalue weighted by molar-refractivity contribution is -0.137. The van der Waals surface area contributed by atoms with Gasteiger partial charge in [-0.05, 0) is 42.3 Å². The molecule has 204 valence electrons. The summed E-state index contributed by atoms with van der Waals surface area (Å²) in [5.41, 5.74) is -1.90. The van der Waals surface area contributed by atoms with Crippen LogP contribution in [0, 0.1) is 11.2 Å². The van der Waals surface area contributed by atoms with Crippen LogP contribution in [0.1, 0.15) is 27.9 Å². The van der Waals surface area contributed by atoms with Crippen molar-refractivity contribution in [2.75, 3.05) is 18.5 Å². The quantitative estimate of drug-likeness (QED) is 0.321. The Labute approximate surface area is 219 Å².